The summed E-state index contributed by atoms with van der Waals surface area (Å²) in [5.74, 6) is 1.02. The molecule has 1 amide bonds. The van der Waals surface area contributed by atoms with Crippen molar-refractivity contribution in [3.63, 3.8) is 0 Å². The van der Waals surface area contributed by atoms with Gasteiger partial charge in [-0.15, -0.1) is 0 Å². The molecule has 0 fully saturated rings. The van der Waals surface area contributed by atoms with Crippen LogP contribution in [0, 0.1) is 29.6 Å². The second-order valence-corrected chi connectivity index (χ2v) is 10.2. The van der Waals surface area contributed by atoms with Gasteiger partial charge in [0, 0.05) is 11.4 Å². The van der Waals surface area contributed by atoms with E-state index >= 15 is 0 Å². The number of thioether (sulfide) groups is 1. The maximum absolute atomic E-state index is 12.8. The first-order valence-electron chi connectivity index (χ1n) is 10.5. The zero-order valence-corrected chi connectivity index (χ0v) is 19.3. The van der Waals surface area contributed by atoms with Crippen LogP contribution in [0.5, 0.6) is 0 Å². The molecule has 30 heavy (non-hydrogen) atoms. The summed E-state index contributed by atoms with van der Waals surface area (Å²) in [6, 6.07) is 9.84. The highest BCUT2D eigenvalue weighted by molar-refractivity contribution is 8.00. The first kappa shape index (κ1) is 22.3. The summed E-state index contributed by atoms with van der Waals surface area (Å²) in [4.78, 5) is 22.0. The average Bonchev–Trinajstić information content (AvgIpc) is 2.70. The van der Waals surface area contributed by atoms with Gasteiger partial charge < -0.3 is 5.32 Å². The molecule has 0 aliphatic heterocycles. The molecule has 0 spiro atoms. The number of pyridine rings is 2. The minimum Gasteiger partial charge on any atom is -0.310 e. The fraction of sp³-hybridized carbons (Fsp3) is 0.500. The smallest absolute Gasteiger partial charge is 0.239 e. The van der Waals surface area contributed by atoms with Crippen LogP contribution in [0.15, 0.2) is 29.3 Å². The number of hydrogen-bond acceptors (Lipinski definition) is 5. The van der Waals surface area contributed by atoms with Gasteiger partial charge in [0.1, 0.15) is 16.9 Å². The molecule has 0 saturated carbocycles. The molecule has 5 nitrogen and oxygen atoms in total. The van der Waals surface area contributed by atoms with Gasteiger partial charge in [-0.25, -0.2) is 9.97 Å². The highest BCUT2D eigenvalue weighted by Gasteiger charge is 2.30. The maximum atomic E-state index is 12.8. The first-order valence-corrected chi connectivity index (χ1v) is 11.4. The van der Waals surface area contributed by atoms with Crippen LogP contribution in [0.1, 0.15) is 63.1 Å². The monoisotopic (exact) mass is 422 g/mol. The van der Waals surface area contributed by atoms with E-state index in [-0.39, 0.29) is 16.6 Å². The number of nitrogens with zero attached hydrogens (tertiary/aromatic N) is 3. The molecule has 2 heterocycles. The van der Waals surface area contributed by atoms with Gasteiger partial charge in [-0.1, -0.05) is 45.5 Å². The molecule has 158 valence electrons. The molecule has 0 aromatic carbocycles. The van der Waals surface area contributed by atoms with Gasteiger partial charge in [0.05, 0.1) is 10.8 Å². The number of amides is 1. The fourth-order valence-corrected chi connectivity index (χ4v) is 4.83. The third-order valence-corrected chi connectivity index (χ3v) is 7.12. The standard InChI is InChI=1S/C24H30N4OS/c1-6-20(22(29)28-21-9-7-8-15(2)26-21)30-23-17(14-25)12-16-13-18(24(3,4)5)10-11-19(16)27-23/h7-9,12,18,20H,6,10-11,13H2,1-5H3,(H,26,28,29). The molecule has 0 saturated heterocycles. The van der Waals surface area contributed by atoms with E-state index in [1.165, 1.54) is 17.3 Å². The Labute approximate surface area is 183 Å². The summed E-state index contributed by atoms with van der Waals surface area (Å²) in [5.41, 5.74) is 3.92. The van der Waals surface area contributed by atoms with Gasteiger partial charge in [0.25, 0.3) is 0 Å². The maximum Gasteiger partial charge on any atom is 0.239 e. The number of rotatable bonds is 5. The van der Waals surface area contributed by atoms with Gasteiger partial charge >= 0.3 is 0 Å². The van der Waals surface area contributed by atoms with Crippen LogP contribution in [0.25, 0.3) is 0 Å². The Morgan fingerprint density at radius 2 is 2.13 bits per heavy atom. The molecule has 3 rings (SSSR count). The SMILES string of the molecule is CCC(Sc1nc2c(cc1C#N)CC(C(C)(C)C)CC2)C(=O)Nc1cccc(C)n1. The van der Waals surface area contributed by atoms with Crippen molar-refractivity contribution >= 4 is 23.5 Å². The van der Waals surface area contributed by atoms with Crippen molar-refractivity contribution in [2.45, 2.75) is 70.6 Å². The lowest BCUT2D eigenvalue weighted by Gasteiger charge is -2.34. The van der Waals surface area contributed by atoms with Crippen LogP contribution in [0.4, 0.5) is 5.82 Å². The molecule has 6 heteroatoms. The number of aromatic nitrogens is 2. The summed E-state index contributed by atoms with van der Waals surface area (Å²) in [7, 11) is 0. The molecule has 0 radical (unpaired) electrons. The Hall–Kier alpha value is -2.39. The zero-order valence-electron chi connectivity index (χ0n) is 18.5. The third-order valence-electron chi connectivity index (χ3n) is 5.75. The molecule has 0 bridgehead atoms. The lowest BCUT2D eigenvalue weighted by atomic mass is 9.71. The fourth-order valence-electron chi connectivity index (χ4n) is 3.83. The van der Waals surface area contributed by atoms with E-state index in [0.29, 0.717) is 28.7 Å². The normalized spacial score (nSPS) is 17.0. The van der Waals surface area contributed by atoms with Crippen LogP contribution in [-0.2, 0) is 17.6 Å². The van der Waals surface area contributed by atoms with Crippen LogP contribution in [0.2, 0.25) is 0 Å². The van der Waals surface area contributed by atoms with Gasteiger partial charge in [-0.3, -0.25) is 4.79 Å². The van der Waals surface area contributed by atoms with E-state index in [1.807, 2.05) is 32.0 Å². The number of aryl methyl sites for hydroxylation is 2. The first-order chi connectivity index (χ1) is 14.2. The molecule has 1 aliphatic rings. The Balaban J connectivity index is 1.79. The molecular weight excluding hydrogens is 392 g/mol. The van der Waals surface area contributed by atoms with Crippen molar-refractivity contribution < 1.29 is 4.79 Å². The van der Waals surface area contributed by atoms with E-state index in [0.717, 1.165) is 30.7 Å². The number of carbonyl (C=O) groups is 1. The van der Waals surface area contributed by atoms with Crippen LogP contribution >= 0.6 is 11.8 Å². The summed E-state index contributed by atoms with van der Waals surface area (Å²) < 4.78 is 0. The van der Waals surface area contributed by atoms with E-state index in [2.05, 4.69) is 37.1 Å². The molecule has 1 N–H and O–H groups in total. The predicted octanol–water partition coefficient (Wildman–Crippen LogP) is 5.32. The quantitative estimate of drug-likeness (QED) is 0.660. The third kappa shape index (κ3) is 5.20. The lowest BCUT2D eigenvalue weighted by Crippen LogP contribution is -2.28. The highest BCUT2D eigenvalue weighted by atomic mass is 32.2. The Morgan fingerprint density at radius 3 is 2.77 bits per heavy atom. The molecular formula is C24H30N4OS. The molecule has 1 aliphatic carbocycles. The zero-order chi connectivity index (χ0) is 21.9. The molecule has 2 aromatic rings. The number of fused-ring (bicyclic) bond motifs is 1. The lowest BCUT2D eigenvalue weighted by molar-refractivity contribution is -0.115. The number of nitriles is 1. The average molecular weight is 423 g/mol. The van der Waals surface area contributed by atoms with Crippen molar-refractivity contribution in [3.05, 3.63) is 46.8 Å². The van der Waals surface area contributed by atoms with Gasteiger partial charge in [-0.2, -0.15) is 5.26 Å². The van der Waals surface area contributed by atoms with E-state index in [1.54, 1.807) is 6.07 Å². The Morgan fingerprint density at radius 1 is 1.37 bits per heavy atom. The minimum atomic E-state index is -0.337. The van der Waals surface area contributed by atoms with Crippen LogP contribution < -0.4 is 5.32 Å². The second kappa shape index (κ2) is 9.18. The van der Waals surface area contributed by atoms with Gasteiger partial charge in [0.2, 0.25) is 5.91 Å². The summed E-state index contributed by atoms with van der Waals surface area (Å²) in [5, 5.41) is 12.9. The number of anilines is 1. The summed E-state index contributed by atoms with van der Waals surface area (Å²) in [6.45, 7) is 10.7. The van der Waals surface area contributed by atoms with E-state index < -0.39 is 0 Å². The Kier molecular flexibility index (Phi) is 6.82. The van der Waals surface area contributed by atoms with Gasteiger partial charge in [-0.05, 0) is 67.7 Å². The molecule has 2 unspecified atom stereocenters. The van der Waals surface area contributed by atoms with Crippen molar-refractivity contribution in [2.75, 3.05) is 5.32 Å². The van der Waals surface area contributed by atoms with Crippen molar-refractivity contribution in [1.82, 2.24) is 9.97 Å². The molecule has 2 aromatic heterocycles. The van der Waals surface area contributed by atoms with Gasteiger partial charge in [0.15, 0.2) is 0 Å². The largest absolute Gasteiger partial charge is 0.310 e. The minimum absolute atomic E-state index is 0.114. The summed E-state index contributed by atoms with van der Waals surface area (Å²) in [6.07, 6.45) is 3.63. The summed E-state index contributed by atoms with van der Waals surface area (Å²) >= 11 is 1.38. The van der Waals surface area contributed by atoms with Crippen molar-refractivity contribution in [2.24, 2.45) is 11.3 Å². The Bertz CT molecular complexity index is 974. The number of hydrogen-bond donors (Lipinski definition) is 1. The predicted molar refractivity (Wildman–Crippen MR) is 121 cm³/mol. The van der Waals surface area contributed by atoms with Crippen LogP contribution in [0.3, 0.4) is 0 Å². The highest BCUT2D eigenvalue weighted by Crippen LogP contribution is 2.38. The molecule has 2 atom stereocenters. The second-order valence-electron chi connectivity index (χ2n) is 9.03. The number of carbonyl (C=O) groups excluding carboxylic acids is 1. The van der Waals surface area contributed by atoms with E-state index in [4.69, 9.17) is 4.98 Å². The van der Waals surface area contributed by atoms with Crippen molar-refractivity contribution in [3.8, 4) is 6.07 Å². The van der Waals surface area contributed by atoms with Crippen molar-refractivity contribution in [1.29, 1.82) is 5.26 Å². The number of nitrogens with one attached hydrogen (secondary N) is 1. The van der Waals surface area contributed by atoms with E-state index in [9.17, 15) is 10.1 Å². The van der Waals surface area contributed by atoms with Crippen LogP contribution in [-0.4, -0.2) is 21.1 Å². The topological polar surface area (TPSA) is 78.7 Å².